The predicted octanol–water partition coefficient (Wildman–Crippen LogP) is 6.73. The number of anilines is 1. The second-order valence-electron chi connectivity index (χ2n) is 9.10. The number of ether oxygens (including phenoxy) is 1. The van der Waals surface area contributed by atoms with E-state index in [9.17, 15) is 22.8 Å². The van der Waals surface area contributed by atoms with Crippen LogP contribution in [-0.2, 0) is 22.5 Å². The van der Waals surface area contributed by atoms with Crippen LogP contribution < -0.4 is 5.32 Å². The number of imidazole rings is 1. The Morgan fingerprint density at radius 3 is 1.98 bits per heavy atom. The minimum atomic E-state index is -5.28. The number of carbonyl (C=O) groups excluding carboxylic acids is 2. The second kappa shape index (κ2) is 11.4. The van der Waals surface area contributed by atoms with Gasteiger partial charge in [0, 0.05) is 6.54 Å². The third-order valence-corrected chi connectivity index (χ3v) is 6.41. The molecule has 0 saturated carbocycles. The van der Waals surface area contributed by atoms with Crippen molar-refractivity contribution in [1.82, 2.24) is 9.55 Å². The number of aryl methyl sites for hydroxylation is 2. The summed E-state index contributed by atoms with van der Waals surface area (Å²) in [6, 6.07) is 33.4. The molecular formula is C31H24F3N3O3. The molecule has 202 valence electrons. The van der Waals surface area contributed by atoms with Gasteiger partial charge in [-0.25, -0.2) is 14.6 Å². The molecule has 0 bridgehead atoms. The van der Waals surface area contributed by atoms with Crippen molar-refractivity contribution in [3.05, 3.63) is 131 Å². The van der Waals surface area contributed by atoms with Crippen molar-refractivity contribution in [3.8, 4) is 0 Å². The standard InChI is InChI=1S/C31H24F3N3O3/c32-31(33,34)29(39)40-28(38)24-16-17-25-26(20-24)37(19-18-21-10-4-1-5-11-21)30(35-25)36-27(22-12-6-2-7-13-22)23-14-8-3-9-15-23/h1-17,20,27H,18-19H2,(H,35,36). The topological polar surface area (TPSA) is 73.2 Å². The van der Waals surface area contributed by atoms with Gasteiger partial charge in [0.1, 0.15) is 0 Å². The van der Waals surface area contributed by atoms with Crippen molar-refractivity contribution in [2.75, 3.05) is 5.32 Å². The maximum absolute atomic E-state index is 12.7. The number of halogens is 3. The van der Waals surface area contributed by atoms with Gasteiger partial charge in [-0.3, -0.25) is 0 Å². The molecule has 6 nitrogen and oxygen atoms in total. The lowest BCUT2D eigenvalue weighted by Crippen LogP contribution is -2.28. The molecule has 0 unspecified atom stereocenters. The van der Waals surface area contributed by atoms with Crippen LogP contribution in [0.2, 0.25) is 0 Å². The van der Waals surface area contributed by atoms with Crippen LogP contribution in [-0.4, -0.2) is 27.7 Å². The molecule has 0 spiro atoms. The van der Waals surface area contributed by atoms with E-state index in [-0.39, 0.29) is 11.6 Å². The van der Waals surface area contributed by atoms with Gasteiger partial charge in [0.2, 0.25) is 5.95 Å². The van der Waals surface area contributed by atoms with E-state index in [0.29, 0.717) is 29.9 Å². The van der Waals surface area contributed by atoms with E-state index in [1.165, 1.54) is 18.2 Å². The summed E-state index contributed by atoms with van der Waals surface area (Å²) in [5.74, 6) is -3.44. The molecule has 40 heavy (non-hydrogen) atoms. The van der Waals surface area contributed by atoms with E-state index >= 15 is 0 Å². The highest BCUT2D eigenvalue weighted by Crippen LogP contribution is 2.30. The van der Waals surface area contributed by atoms with Crippen molar-refractivity contribution in [2.24, 2.45) is 0 Å². The van der Waals surface area contributed by atoms with Crippen LogP contribution in [0.5, 0.6) is 0 Å². The average Bonchev–Trinajstić information content (AvgIpc) is 3.32. The summed E-state index contributed by atoms with van der Waals surface area (Å²) in [7, 11) is 0. The first-order chi connectivity index (χ1) is 19.3. The number of fused-ring (bicyclic) bond motifs is 1. The van der Waals surface area contributed by atoms with Gasteiger partial charge in [-0.05, 0) is 41.3 Å². The van der Waals surface area contributed by atoms with E-state index in [0.717, 1.165) is 16.7 Å². The lowest BCUT2D eigenvalue weighted by atomic mass is 9.99. The minimum Gasteiger partial charge on any atom is -0.383 e. The van der Waals surface area contributed by atoms with Crippen LogP contribution in [0.15, 0.2) is 109 Å². The Morgan fingerprint density at radius 1 is 0.825 bits per heavy atom. The molecule has 4 aromatic carbocycles. The molecular weight excluding hydrogens is 519 g/mol. The lowest BCUT2D eigenvalue weighted by molar-refractivity contribution is -0.193. The number of benzene rings is 4. The van der Waals surface area contributed by atoms with Crippen molar-refractivity contribution in [3.63, 3.8) is 0 Å². The fourth-order valence-electron chi connectivity index (χ4n) is 4.45. The van der Waals surface area contributed by atoms with E-state index in [4.69, 9.17) is 4.98 Å². The van der Waals surface area contributed by atoms with Gasteiger partial charge < -0.3 is 14.6 Å². The van der Waals surface area contributed by atoms with Crippen molar-refractivity contribution >= 4 is 28.9 Å². The number of rotatable bonds is 8. The third-order valence-electron chi connectivity index (χ3n) is 6.41. The average molecular weight is 544 g/mol. The van der Waals surface area contributed by atoms with E-state index in [1.54, 1.807) is 0 Å². The quantitative estimate of drug-likeness (QED) is 0.174. The Bertz CT molecular complexity index is 1580. The molecule has 5 aromatic rings. The Balaban J connectivity index is 1.55. The maximum atomic E-state index is 12.7. The summed E-state index contributed by atoms with van der Waals surface area (Å²) in [5, 5.41) is 3.54. The number of carbonyl (C=O) groups is 2. The monoisotopic (exact) mass is 543 g/mol. The molecule has 0 aliphatic heterocycles. The van der Waals surface area contributed by atoms with Gasteiger partial charge in [0.15, 0.2) is 0 Å². The highest BCUT2D eigenvalue weighted by atomic mass is 19.4. The third kappa shape index (κ3) is 6.04. The normalized spacial score (nSPS) is 11.5. The summed E-state index contributed by atoms with van der Waals surface area (Å²) >= 11 is 0. The first-order valence-electron chi connectivity index (χ1n) is 12.5. The second-order valence-corrected chi connectivity index (χ2v) is 9.10. The molecule has 1 N–H and O–H groups in total. The van der Waals surface area contributed by atoms with Gasteiger partial charge in [-0.2, -0.15) is 13.2 Å². The molecule has 0 amide bonds. The lowest BCUT2D eigenvalue weighted by Gasteiger charge is -2.21. The summed E-state index contributed by atoms with van der Waals surface area (Å²) in [6.07, 6.45) is -4.65. The Hall–Kier alpha value is -4.92. The van der Waals surface area contributed by atoms with E-state index in [1.807, 2.05) is 95.6 Å². The van der Waals surface area contributed by atoms with Crippen LogP contribution in [0.4, 0.5) is 19.1 Å². The largest absolute Gasteiger partial charge is 0.491 e. The Morgan fingerprint density at radius 2 is 1.40 bits per heavy atom. The summed E-state index contributed by atoms with van der Waals surface area (Å²) in [4.78, 5) is 28.4. The van der Waals surface area contributed by atoms with Crippen LogP contribution in [0.3, 0.4) is 0 Å². The molecule has 0 radical (unpaired) electrons. The zero-order valence-corrected chi connectivity index (χ0v) is 21.1. The first kappa shape index (κ1) is 26.7. The summed E-state index contributed by atoms with van der Waals surface area (Å²) in [6.45, 7) is 0.457. The van der Waals surface area contributed by atoms with Gasteiger partial charge in [0.25, 0.3) is 0 Å². The summed E-state index contributed by atoms with van der Waals surface area (Å²) in [5.41, 5.74) is 3.92. The minimum absolute atomic E-state index is 0.194. The van der Waals surface area contributed by atoms with Crippen molar-refractivity contribution in [2.45, 2.75) is 25.2 Å². The maximum Gasteiger partial charge on any atom is 0.491 e. The highest BCUT2D eigenvalue weighted by Gasteiger charge is 2.42. The first-order valence-corrected chi connectivity index (χ1v) is 12.5. The van der Waals surface area contributed by atoms with Gasteiger partial charge in [0.05, 0.1) is 22.6 Å². The van der Waals surface area contributed by atoms with Crippen LogP contribution in [0.1, 0.15) is 33.1 Å². The number of esters is 2. The fourth-order valence-corrected chi connectivity index (χ4v) is 4.45. The smallest absolute Gasteiger partial charge is 0.383 e. The number of aromatic nitrogens is 2. The molecule has 0 aliphatic carbocycles. The number of hydrogen-bond donors (Lipinski definition) is 1. The Kier molecular flexibility index (Phi) is 7.63. The van der Waals surface area contributed by atoms with Gasteiger partial charge in [-0.15, -0.1) is 0 Å². The number of nitrogens with one attached hydrogen (secondary N) is 1. The number of alkyl halides is 3. The zero-order chi connectivity index (χ0) is 28.1. The van der Waals surface area contributed by atoms with Gasteiger partial charge in [-0.1, -0.05) is 91.0 Å². The molecule has 9 heteroatoms. The molecule has 0 saturated heterocycles. The molecule has 0 atom stereocenters. The number of hydrogen-bond acceptors (Lipinski definition) is 5. The SMILES string of the molecule is O=C(OC(=O)C(F)(F)F)c1ccc2nc(NC(c3ccccc3)c3ccccc3)n(CCc3ccccc3)c2c1. The van der Waals surface area contributed by atoms with Crippen LogP contribution in [0.25, 0.3) is 11.0 Å². The van der Waals surface area contributed by atoms with E-state index in [2.05, 4.69) is 10.1 Å². The predicted molar refractivity (Wildman–Crippen MR) is 145 cm³/mol. The van der Waals surface area contributed by atoms with Crippen molar-refractivity contribution in [1.29, 1.82) is 0 Å². The summed E-state index contributed by atoms with van der Waals surface area (Å²) < 4.78 is 43.9. The Labute approximate surface area is 228 Å². The molecule has 0 fully saturated rings. The van der Waals surface area contributed by atoms with Crippen LogP contribution >= 0.6 is 0 Å². The fraction of sp³-hybridized carbons (Fsp3) is 0.129. The molecule has 0 aliphatic rings. The van der Waals surface area contributed by atoms with Crippen LogP contribution in [0, 0.1) is 0 Å². The van der Waals surface area contributed by atoms with Gasteiger partial charge >= 0.3 is 18.1 Å². The highest BCUT2D eigenvalue weighted by molar-refractivity contribution is 6.00. The van der Waals surface area contributed by atoms with Crippen molar-refractivity contribution < 1.29 is 27.5 Å². The molecule has 1 heterocycles. The van der Waals surface area contributed by atoms with E-state index < -0.39 is 18.1 Å². The number of nitrogens with zero attached hydrogens (tertiary/aromatic N) is 2. The zero-order valence-electron chi connectivity index (χ0n) is 21.1. The molecule has 5 rings (SSSR count). The molecule has 1 aromatic heterocycles.